The Kier molecular flexibility index (Phi) is 5.52. The zero-order valence-corrected chi connectivity index (χ0v) is 18.3. The number of carbonyl (C=O) groups excluding carboxylic acids is 1. The average molecular weight is 455 g/mol. The first-order valence-corrected chi connectivity index (χ1v) is 11.5. The first-order valence-electron chi connectivity index (χ1n) is 9.88. The van der Waals surface area contributed by atoms with Crippen molar-refractivity contribution in [3.05, 3.63) is 53.3 Å². The summed E-state index contributed by atoms with van der Waals surface area (Å²) in [5.74, 6) is 2.90. The number of carbonyl (C=O) groups is 1. The molecule has 0 saturated carbocycles. The van der Waals surface area contributed by atoms with Crippen molar-refractivity contribution >= 4 is 21.8 Å². The number of pyridine rings is 1. The van der Waals surface area contributed by atoms with Crippen molar-refractivity contribution in [3.63, 3.8) is 0 Å². The van der Waals surface area contributed by atoms with Gasteiger partial charge in [-0.15, -0.1) is 6.42 Å². The van der Waals surface area contributed by atoms with E-state index in [9.17, 15) is 13.2 Å². The number of nitrogens with zero attached hydrogens (tertiary/aromatic N) is 3. The van der Waals surface area contributed by atoms with Crippen molar-refractivity contribution in [2.75, 3.05) is 26.0 Å². The Morgan fingerprint density at radius 3 is 2.88 bits per heavy atom. The lowest BCUT2D eigenvalue weighted by atomic mass is 9.85. The highest BCUT2D eigenvalue weighted by Crippen LogP contribution is 2.43. The number of hydrogen-bond acceptors (Lipinski definition) is 8. The molecule has 9 nitrogen and oxygen atoms in total. The van der Waals surface area contributed by atoms with Crippen LogP contribution < -0.4 is 15.2 Å². The van der Waals surface area contributed by atoms with E-state index >= 15 is 0 Å². The number of nitrogens with two attached hydrogens (primary N) is 1. The second-order valence-electron chi connectivity index (χ2n) is 7.63. The van der Waals surface area contributed by atoms with Crippen LogP contribution in [0.25, 0.3) is 0 Å². The van der Waals surface area contributed by atoms with E-state index in [0.29, 0.717) is 35.7 Å². The van der Waals surface area contributed by atoms with E-state index in [2.05, 4.69) is 15.9 Å². The summed E-state index contributed by atoms with van der Waals surface area (Å²) in [7, 11) is -2.25. The van der Waals surface area contributed by atoms with Gasteiger partial charge in [-0.25, -0.2) is 22.7 Å². The van der Waals surface area contributed by atoms with Crippen molar-refractivity contribution in [2.45, 2.75) is 18.4 Å². The highest BCUT2D eigenvalue weighted by Gasteiger charge is 2.46. The fourth-order valence-corrected chi connectivity index (χ4v) is 5.29. The zero-order valence-electron chi connectivity index (χ0n) is 17.4. The van der Waals surface area contributed by atoms with E-state index in [1.807, 2.05) is 0 Å². The van der Waals surface area contributed by atoms with Gasteiger partial charge in [-0.3, -0.25) is 4.79 Å². The Labute approximate surface area is 186 Å². The number of aromatic nitrogens is 1. The topological polar surface area (TPSA) is 124 Å². The zero-order chi connectivity index (χ0) is 22.9. The lowest BCUT2D eigenvalue weighted by Crippen LogP contribution is -2.52. The molecule has 3 heterocycles. The SMILES string of the molecule is C#CCOc1ccc(C(=O)Cc2ccc3c(c2)[C@]2(CCO3)CS(=O)(=O)N(C)C(N)=N2)nc1. The Hall–Kier alpha value is -3.58. The van der Waals surface area contributed by atoms with Gasteiger partial charge in [-0.05, 0) is 29.8 Å². The van der Waals surface area contributed by atoms with Crippen LogP contribution in [0.1, 0.15) is 28.0 Å². The van der Waals surface area contributed by atoms with Gasteiger partial charge in [-0.1, -0.05) is 12.0 Å². The predicted octanol–water partition coefficient (Wildman–Crippen LogP) is 1.09. The summed E-state index contributed by atoms with van der Waals surface area (Å²) >= 11 is 0. The van der Waals surface area contributed by atoms with Gasteiger partial charge in [0, 0.05) is 25.5 Å². The molecule has 0 fully saturated rings. The molecule has 0 unspecified atom stereocenters. The number of ketones is 1. The van der Waals surface area contributed by atoms with Gasteiger partial charge in [0.25, 0.3) is 0 Å². The molecule has 0 saturated heterocycles. The summed E-state index contributed by atoms with van der Waals surface area (Å²) in [6.07, 6.45) is 7.05. The van der Waals surface area contributed by atoms with Crippen molar-refractivity contribution in [1.82, 2.24) is 9.29 Å². The van der Waals surface area contributed by atoms with Crippen LogP contribution in [0, 0.1) is 12.3 Å². The maximum atomic E-state index is 12.8. The fraction of sp³-hybridized carbons (Fsp3) is 0.318. The summed E-state index contributed by atoms with van der Waals surface area (Å²) < 4.78 is 37.3. The number of sulfonamides is 1. The Morgan fingerprint density at radius 2 is 2.19 bits per heavy atom. The van der Waals surface area contributed by atoms with Crippen LogP contribution in [-0.2, 0) is 22.0 Å². The van der Waals surface area contributed by atoms with Gasteiger partial charge in [-0.2, -0.15) is 0 Å². The van der Waals surface area contributed by atoms with Crippen LogP contribution >= 0.6 is 0 Å². The number of benzene rings is 1. The number of Topliss-reactive ketones (excluding diaryl/α,β-unsaturated/α-hetero) is 1. The van der Waals surface area contributed by atoms with Crippen molar-refractivity contribution in [2.24, 2.45) is 10.7 Å². The number of hydrogen-bond donors (Lipinski definition) is 1. The molecule has 1 spiro atoms. The molecule has 0 radical (unpaired) electrons. The average Bonchev–Trinajstić information content (AvgIpc) is 2.77. The van der Waals surface area contributed by atoms with Crippen molar-refractivity contribution in [1.29, 1.82) is 0 Å². The number of terminal acetylenes is 1. The van der Waals surface area contributed by atoms with Crippen LogP contribution in [-0.4, -0.2) is 55.5 Å². The molecule has 4 rings (SSSR count). The van der Waals surface area contributed by atoms with Gasteiger partial charge >= 0.3 is 0 Å². The molecule has 1 atom stereocenters. The molecule has 10 heteroatoms. The molecule has 2 N–H and O–H groups in total. The molecule has 2 aliphatic rings. The summed E-state index contributed by atoms with van der Waals surface area (Å²) in [6, 6.07) is 8.49. The lowest BCUT2D eigenvalue weighted by molar-refractivity contribution is 0.0988. The third-order valence-corrected chi connectivity index (χ3v) is 7.38. The fourth-order valence-electron chi connectivity index (χ4n) is 3.80. The highest BCUT2D eigenvalue weighted by molar-refractivity contribution is 7.89. The van der Waals surface area contributed by atoms with Crippen LogP contribution in [0.4, 0.5) is 0 Å². The summed E-state index contributed by atoms with van der Waals surface area (Å²) in [5, 5.41) is 0. The van der Waals surface area contributed by atoms with Crippen LogP contribution in [0.15, 0.2) is 41.5 Å². The lowest BCUT2D eigenvalue weighted by Gasteiger charge is -2.40. The molecular weight excluding hydrogens is 432 g/mol. The Balaban J connectivity index is 1.62. The minimum Gasteiger partial charge on any atom is -0.493 e. The van der Waals surface area contributed by atoms with Crippen molar-refractivity contribution in [3.8, 4) is 23.8 Å². The number of ether oxygens (including phenoxy) is 2. The molecule has 166 valence electrons. The molecule has 32 heavy (non-hydrogen) atoms. The van der Waals surface area contributed by atoms with Gasteiger partial charge in [0.15, 0.2) is 5.78 Å². The van der Waals surface area contributed by atoms with Crippen LogP contribution in [0.5, 0.6) is 11.5 Å². The molecule has 2 aliphatic heterocycles. The predicted molar refractivity (Wildman–Crippen MR) is 118 cm³/mol. The molecule has 0 bridgehead atoms. The Bertz CT molecular complexity index is 1230. The second-order valence-corrected chi connectivity index (χ2v) is 9.63. The van der Waals surface area contributed by atoms with Gasteiger partial charge < -0.3 is 15.2 Å². The van der Waals surface area contributed by atoms with Gasteiger partial charge in [0.05, 0.1) is 18.6 Å². The quantitative estimate of drug-likeness (QED) is 0.530. The number of rotatable bonds is 5. The molecule has 1 aromatic carbocycles. The normalized spacial score (nSPS) is 21.1. The number of guanidine groups is 1. The maximum Gasteiger partial charge on any atom is 0.239 e. The molecule has 2 aromatic rings. The third-order valence-electron chi connectivity index (χ3n) is 5.52. The van der Waals surface area contributed by atoms with E-state index in [1.165, 1.54) is 13.2 Å². The maximum absolute atomic E-state index is 12.8. The largest absolute Gasteiger partial charge is 0.493 e. The number of aliphatic imine (C=N–C) groups is 1. The van der Waals surface area contributed by atoms with E-state index in [1.54, 1.807) is 30.3 Å². The second kappa shape index (κ2) is 8.16. The Morgan fingerprint density at radius 1 is 1.38 bits per heavy atom. The minimum absolute atomic E-state index is 0.0677. The van der Waals surface area contributed by atoms with Crippen LogP contribution in [0.2, 0.25) is 0 Å². The van der Waals surface area contributed by atoms with Gasteiger partial charge in [0.1, 0.15) is 29.3 Å². The van der Waals surface area contributed by atoms with Crippen molar-refractivity contribution < 1.29 is 22.7 Å². The van der Waals surface area contributed by atoms with E-state index in [-0.39, 0.29) is 36.2 Å². The molecule has 0 aliphatic carbocycles. The molecular formula is C22H22N4O5S. The standard InChI is InChI=1S/C22H22N4O5S/c1-3-9-30-16-5-6-18(24-13-16)19(27)12-15-4-7-20-17(11-15)22(8-10-31-20)14-32(28,29)26(2)21(23)25-22/h1,4-7,11,13H,8-10,12,14H2,2H3,(H2,23,25)/t22-/m0/s1. The monoisotopic (exact) mass is 454 g/mol. The van der Waals surface area contributed by atoms with E-state index in [0.717, 1.165) is 4.31 Å². The third kappa shape index (κ3) is 3.99. The highest BCUT2D eigenvalue weighted by atomic mass is 32.2. The van der Waals surface area contributed by atoms with Crippen LogP contribution in [0.3, 0.4) is 0 Å². The van der Waals surface area contributed by atoms with Gasteiger partial charge in [0.2, 0.25) is 16.0 Å². The molecule has 0 amide bonds. The summed E-state index contributed by atoms with van der Waals surface area (Å²) in [6.45, 7) is 0.436. The number of fused-ring (bicyclic) bond motifs is 2. The first-order chi connectivity index (χ1) is 15.2. The first kappa shape index (κ1) is 21.6. The van der Waals surface area contributed by atoms with E-state index < -0.39 is 15.6 Å². The summed E-state index contributed by atoms with van der Waals surface area (Å²) in [5.41, 5.74) is 6.47. The molecule has 1 aromatic heterocycles. The van der Waals surface area contributed by atoms with E-state index in [4.69, 9.17) is 21.6 Å². The smallest absolute Gasteiger partial charge is 0.239 e. The summed E-state index contributed by atoms with van der Waals surface area (Å²) in [4.78, 5) is 21.4. The minimum atomic E-state index is -3.63.